The summed E-state index contributed by atoms with van der Waals surface area (Å²) in [5, 5.41) is 10.8. The van der Waals surface area contributed by atoms with E-state index in [0.29, 0.717) is 16.9 Å². The van der Waals surface area contributed by atoms with Gasteiger partial charge in [-0.2, -0.15) is 0 Å². The summed E-state index contributed by atoms with van der Waals surface area (Å²) in [7, 11) is 3.06. The topological polar surface area (TPSA) is 51.8 Å². The summed E-state index contributed by atoms with van der Waals surface area (Å²) in [6.07, 6.45) is 1.46. The van der Waals surface area contributed by atoms with E-state index in [9.17, 15) is 5.11 Å². The zero-order valence-electron chi connectivity index (χ0n) is 7.90. The van der Waals surface area contributed by atoms with Crippen LogP contribution in [0.25, 0.3) is 10.8 Å². The summed E-state index contributed by atoms with van der Waals surface area (Å²) in [5.74, 6) is 0.892. The van der Waals surface area contributed by atoms with Crippen molar-refractivity contribution in [3.05, 3.63) is 18.4 Å². The lowest BCUT2D eigenvalue weighted by Crippen LogP contribution is -1.90. The molecule has 1 N–H and O–H groups in total. The van der Waals surface area contributed by atoms with Crippen LogP contribution in [0.5, 0.6) is 17.4 Å². The highest BCUT2D eigenvalue weighted by atomic mass is 16.5. The molecule has 0 unspecified atom stereocenters. The second-order valence-electron chi connectivity index (χ2n) is 2.81. The molecule has 0 bridgehead atoms. The number of aromatic hydroxyl groups is 1. The molecule has 14 heavy (non-hydrogen) atoms. The maximum Gasteiger partial charge on any atom is 0.293 e. The van der Waals surface area contributed by atoms with Crippen molar-refractivity contribution in [3.63, 3.8) is 0 Å². The Kier molecular flexibility index (Phi) is 1.96. The number of fused-ring (bicyclic) bond motifs is 1. The van der Waals surface area contributed by atoms with Crippen LogP contribution in [-0.4, -0.2) is 19.3 Å². The van der Waals surface area contributed by atoms with E-state index in [0.717, 1.165) is 5.39 Å². The number of methoxy groups -OCH3 is 2. The molecule has 0 saturated carbocycles. The molecular weight excluding hydrogens is 184 g/mol. The van der Waals surface area contributed by atoms with Crippen LogP contribution in [0.15, 0.2) is 22.8 Å². The van der Waals surface area contributed by atoms with Crippen LogP contribution in [0.1, 0.15) is 0 Å². The minimum Gasteiger partial charge on any atom is -0.493 e. The summed E-state index contributed by atoms with van der Waals surface area (Å²) >= 11 is 0. The van der Waals surface area contributed by atoms with Gasteiger partial charge in [-0.1, -0.05) is 0 Å². The van der Waals surface area contributed by atoms with E-state index in [1.807, 2.05) is 0 Å². The van der Waals surface area contributed by atoms with E-state index in [1.54, 1.807) is 19.2 Å². The number of rotatable bonds is 2. The first-order chi connectivity index (χ1) is 6.77. The van der Waals surface area contributed by atoms with Crippen LogP contribution in [0, 0.1) is 0 Å². The van der Waals surface area contributed by atoms with Crippen molar-refractivity contribution >= 4 is 10.8 Å². The molecule has 0 fully saturated rings. The van der Waals surface area contributed by atoms with Gasteiger partial charge in [0.25, 0.3) is 5.95 Å². The van der Waals surface area contributed by atoms with Crippen LogP contribution in [0.2, 0.25) is 0 Å². The molecule has 74 valence electrons. The molecule has 0 aliphatic carbocycles. The minimum absolute atomic E-state index is 0.157. The second-order valence-corrected chi connectivity index (χ2v) is 2.81. The number of hydrogen-bond donors (Lipinski definition) is 1. The van der Waals surface area contributed by atoms with Crippen molar-refractivity contribution in [2.45, 2.75) is 0 Å². The molecule has 0 aliphatic rings. The van der Waals surface area contributed by atoms with E-state index in [2.05, 4.69) is 0 Å². The summed E-state index contributed by atoms with van der Waals surface area (Å²) in [4.78, 5) is 0. The van der Waals surface area contributed by atoms with E-state index < -0.39 is 0 Å². The zero-order chi connectivity index (χ0) is 10.1. The maximum atomic E-state index is 9.44. The van der Waals surface area contributed by atoms with E-state index in [-0.39, 0.29) is 5.95 Å². The third kappa shape index (κ3) is 1.08. The van der Waals surface area contributed by atoms with Gasteiger partial charge in [-0.25, -0.2) is 0 Å². The van der Waals surface area contributed by atoms with E-state index >= 15 is 0 Å². The number of benzene rings is 1. The standard InChI is InChI=1S/C10H10O4/c1-12-7-4-3-6-5-14-10(11)8(6)9(7)13-2/h3-5,11H,1-2H3. The largest absolute Gasteiger partial charge is 0.493 e. The average molecular weight is 194 g/mol. The quantitative estimate of drug-likeness (QED) is 0.795. The molecule has 2 rings (SSSR count). The molecule has 0 saturated heterocycles. The van der Waals surface area contributed by atoms with Crippen molar-refractivity contribution in [1.29, 1.82) is 0 Å². The fourth-order valence-corrected chi connectivity index (χ4v) is 1.44. The molecule has 2 aromatic rings. The molecule has 0 radical (unpaired) electrons. The third-order valence-corrected chi connectivity index (χ3v) is 2.09. The predicted molar refractivity (Wildman–Crippen MR) is 51.0 cm³/mol. The average Bonchev–Trinajstić information content (AvgIpc) is 2.59. The van der Waals surface area contributed by atoms with Crippen LogP contribution >= 0.6 is 0 Å². The first-order valence-electron chi connectivity index (χ1n) is 4.09. The number of furan rings is 1. The number of ether oxygens (including phenoxy) is 2. The first kappa shape index (κ1) is 8.74. The van der Waals surface area contributed by atoms with Gasteiger partial charge in [0.15, 0.2) is 11.5 Å². The molecule has 4 nitrogen and oxygen atoms in total. The monoisotopic (exact) mass is 194 g/mol. The van der Waals surface area contributed by atoms with Crippen molar-refractivity contribution < 1.29 is 19.0 Å². The smallest absolute Gasteiger partial charge is 0.293 e. The molecule has 0 spiro atoms. The highest BCUT2D eigenvalue weighted by Gasteiger charge is 2.15. The minimum atomic E-state index is -0.157. The lowest BCUT2D eigenvalue weighted by Gasteiger charge is -2.07. The Bertz CT molecular complexity index is 458. The normalized spacial score (nSPS) is 10.4. The predicted octanol–water partition coefficient (Wildman–Crippen LogP) is 2.16. The van der Waals surface area contributed by atoms with Gasteiger partial charge in [0.2, 0.25) is 0 Å². The van der Waals surface area contributed by atoms with Gasteiger partial charge in [-0.3, -0.25) is 0 Å². The lowest BCUT2D eigenvalue weighted by atomic mass is 10.2. The molecule has 1 heterocycles. The van der Waals surface area contributed by atoms with Gasteiger partial charge in [0, 0.05) is 5.39 Å². The summed E-state index contributed by atoms with van der Waals surface area (Å²) < 4.78 is 15.1. The molecule has 1 aromatic heterocycles. The van der Waals surface area contributed by atoms with Gasteiger partial charge in [-0.05, 0) is 12.1 Å². The molecule has 0 atom stereocenters. The van der Waals surface area contributed by atoms with Gasteiger partial charge >= 0.3 is 0 Å². The van der Waals surface area contributed by atoms with Crippen molar-refractivity contribution in [2.75, 3.05) is 14.2 Å². The van der Waals surface area contributed by atoms with Crippen LogP contribution in [0.4, 0.5) is 0 Å². The Labute approximate surface area is 80.7 Å². The summed E-state index contributed by atoms with van der Waals surface area (Å²) in [6.45, 7) is 0. The first-order valence-corrected chi connectivity index (χ1v) is 4.09. The van der Waals surface area contributed by atoms with E-state index in [4.69, 9.17) is 13.9 Å². The van der Waals surface area contributed by atoms with Crippen LogP contribution in [-0.2, 0) is 0 Å². The van der Waals surface area contributed by atoms with Gasteiger partial charge in [0.1, 0.15) is 11.6 Å². The SMILES string of the molecule is COc1ccc2coc(O)c2c1OC. The van der Waals surface area contributed by atoms with Gasteiger partial charge in [0.05, 0.1) is 14.2 Å². The Morgan fingerprint density at radius 2 is 2.00 bits per heavy atom. The highest BCUT2D eigenvalue weighted by Crippen LogP contribution is 2.41. The number of hydrogen-bond acceptors (Lipinski definition) is 4. The van der Waals surface area contributed by atoms with Crippen LogP contribution < -0.4 is 9.47 Å². The molecular formula is C10H10O4. The van der Waals surface area contributed by atoms with Crippen LogP contribution in [0.3, 0.4) is 0 Å². The Balaban J connectivity index is 2.81. The third-order valence-electron chi connectivity index (χ3n) is 2.09. The molecule has 4 heteroatoms. The summed E-state index contributed by atoms with van der Waals surface area (Å²) in [6, 6.07) is 3.55. The van der Waals surface area contributed by atoms with Crippen molar-refractivity contribution in [2.24, 2.45) is 0 Å². The second kappa shape index (κ2) is 3.14. The van der Waals surface area contributed by atoms with Gasteiger partial charge in [-0.15, -0.1) is 0 Å². The fraction of sp³-hybridized carbons (Fsp3) is 0.200. The fourth-order valence-electron chi connectivity index (χ4n) is 1.44. The summed E-state index contributed by atoms with van der Waals surface area (Å²) in [5.41, 5.74) is 0. The molecule has 0 amide bonds. The van der Waals surface area contributed by atoms with Crippen molar-refractivity contribution in [1.82, 2.24) is 0 Å². The Hall–Kier alpha value is -1.84. The molecule has 0 aliphatic heterocycles. The lowest BCUT2D eigenvalue weighted by molar-refractivity contribution is 0.331. The maximum absolute atomic E-state index is 9.44. The van der Waals surface area contributed by atoms with E-state index in [1.165, 1.54) is 13.4 Å². The Morgan fingerprint density at radius 1 is 1.21 bits per heavy atom. The van der Waals surface area contributed by atoms with Gasteiger partial charge < -0.3 is 19.0 Å². The zero-order valence-corrected chi connectivity index (χ0v) is 7.90. The Morgan fingerprint density at radius 3 is 2.64 bits per heavy atom. The molecule has 1 aromatic carbocycles. The highest BCUT2D eigenvalue weighted by molar-refractivity contribution is 5.94. The van der Waals surface area contributed by atoms with Crippen molar-refractivity contribution in [3.8, 4) is 17.4 Å².